The van der Waals surface area contributed by atoms with Crippen molar-refractivity contribution in [2.24, 2.45) is 0 Å². The summed E-state index contributed by atoms with van der Waals surface area (Å²) < 4.78 is 0. The van der Waals surface area contributed by atoms with Crippen molar-refractivity contribution < 1.29 is 5.03 Å². The van der Waals surface area contributed by atoms with Crippen LogP contribution < -0.4 is 0 Å². The molecule has 8 heteroatoms. The van der Waals surface area contributed by atoms with Crippen molar-refractivity contribution in [3.8, 4) is 0 Å². The van der Waals surface area contributed by atoms with E-state index in [0.717, 1.165) is 0 Å². The second kappa shape index (κ2) is 1.94. The zero-order valence-corrected chi connectivity index (χ0v) is 4.69. The Hall–Kier alpha value is -1.24. The van der Waals surface area contributed by atoms with Gasteiger partial charge in [-0.25, -0.2) is 0 Å². The van der Waals surface area contributed by atoms with Crippen LogP contribution in [-0.2, 0) is 0 Å². The van der Waals surface area contributed by atoms with E-state index in [0.29, 0.717) is 0 Å². The highest BCUT2D eigenvalue weighted by Gasteiger charge is 2.10. The van der Waals surface area contributed by atoms with Crippen LogP contribution in [0.15, 0.2) is 0 Å². The van der Waals surface area contributed by atoms with Crippen LogP contribution >= 0.6 is 11.6 Å². The van der Waals surface area contributed by atoms with Gasteiger partial charge in [-0.1, -0.05) is 5.10 Å². The molecule has 0 atom stereocenters. The Morgan fingerprint density at radius 3 is 2.67 bits per heavy atom. The highest BCUT2D eigenvalue weighted by Crippen LogP contribution is 1.96. The first kappa shape index (κ1) is 5.89. The highest BCUT2D eigenvalue weighted by atomic mass is 35.5. The molecule has 9 heavy (non-hydrogen) atoms. The van der Waals surface area contributed by atoms with Crippen molar-refractivity contribution in [2.45, 2.75) is 0 Å². The van der Waals surface area contributed by atoms with Crippen LogP contribution in [-0.4, -0.2) is 25.3 Å². The molecule has 0 aliphatic carbocycles. The molecular weight excluding hydrogens is 149 g/mol. The molecule has 0 amide bonds. The summed E-state index contributed by atoms with van der Waals surface area (Å²) in [6.45, 7) is 0. The molecule has 0 aliphatic rings. The predicted octanol–water partition coefficient (Wildman–Crippen LogP) is -0.634. The van der Waals surface area contributed by atoms with E-state index in [1.54, 1.807) is 0 Å². The van der Waals surface area contributed by atoms with E-state index in [-0.39, 0.29) is 10.1 Å². The van der Waals surface area contributed by atoms with Gasteiger partial charge in [-0.05, 0) is 11.6 Å². The molecule has 0 saturated carbocycles. The lowest BCUT2D eigenvalue weighted by atomic mass is 11.4. The minimum Gasteiger partial charge on any atom is -0.339 e. The second-order valence-corrected chi connectivity index (χ2v) is 1.41. The molecule has 7 nitrogen and oxygen atoms in total. The van der Waals surface area contributed by atoms with E-state index in [9.17, 15) is 10.1 Å². The summed E-state index contributed by atoms with van der Waals surface area (Å²) in [7, 11) is 0. The van der Waals surface area contributed by atoms with Gasteiger partial charge in [0.2, 0.25) is 5.21 Å². The Labute approximate surface area is 53.3 Å². The molecule has 0 radical (unpaired) electrons. The summed E-state index contributed by atoms with van der Waals surface area (Å²) in [5.74, 6) is 0. The molecule has 1 aromatic rings. The van der Waals surface area contributed by atoms with Crippen molar-refractivity contribution in [1.29, 1.82) is 0 Å². The van der Waals surface area contributed by atoms with Gasteiger partial charge in [0, 0.05) is 0 Å². The normalized spacial score (nSPS) is 9.44. The Kier molecular flexibility index (Phi) is 1.27. The molecule has 0 saturated heterocycles. The first-order chi connectivity index (χ1) is 4.22. The van der Waals surface area contributed by atoms with Crippen LogP contribution in [0.4, 0.5) is 0 Å². The minimum atomic E-state index is -0.831. The Balaban J connectivity index is 3.08. The summed E-state index contributed by atoms with van der Waals surface area (Å²) in [5.41, 5.74) is 0. The number of nitro groups is 1. The quantitative estimate of drug-likeness (QED) is 0.392. The van der Waals surface area contributed by atoms with E-state index in [1.165, 1.54) is 0 Å². The molecule has 48 valence electrons. The predicted molar refractivity (Wildman–Crippen MR) is 25.2 cm³/mol. The van der Waals surface area contributed by atoms with E-state index in [2.05, 4.69) is 15.5 Å². The SMILES string of the molecule is O=[N+]([O-])n1nnnc1Cl. The first-order valence-corrected chi connectivity index (χ1v) is 2.18. The lowest BCUT2D eigenvalue weighted by Gasteiger charge is -1.85. The van der Waals surface area contributed by atoms with Crippen LogP contribution in [0.1, 0.15) is 0 Å². The summed E-state index contributed by atoms with van der Waals surface area (Å²) in [6, 6.07) is 0. The summed E-state index contributed by atoms with van der Waals surface area (Å²) >= 11 is 5.12. The number of tetrazole rings is 1. The van der Waals surface area contributed by atoms with Crippen LogP contribution in [0.2, 0.25) is 5.28 Å². The van der Waals surface area contributed by atoms with Crippen molar-refractivity contribution in [3.63, 3.8) is 0 Å². The third-order valence-electron chi connectivity index (χ3n) is 0.572. The van der Waals surface area contributed by atoms with Gasteiger partial charge in [-0.3, -0.25) is 0 Å². The van der Waals surface area contributed by atoms with Crippen molar-refractivity contribution >= 4 is 11.6 Å². The van der Waals surface area contributed by atoms with Gasteiger partial charge < -0.3 is 10.1 Å². The van der Waals surface area contributed by atoms with Gasteiger partial charge in [0.25, 0.3) is 0 Å². The molecule has 1 heterocycles. The Morgan fingerprint density at radius 1 is 1.78 bits per heavy atom. The van der Waals surface area contributed by atoms with Crippen molar-refractivity contribution in [2.75, 3.05) is 0 Å². The third-order valence-corrected chi connectivity index (χ3v) is 0.798. The Morgan fingerprint density at radius 2 is 2.44 bits per heavy atom. The van der Waals surface area contributed by atoms with Gasteiger partial charge in [-0.2, -0.15) is 0 Å². The minimum absolute atomic E-state index is 0.265. The fourth-order valence-corrected chi connectivity index (χ4v) is 0.401. The average Bonchev–Trinajstić information content (AvgIpc) is 2.13. The molecule has 0 aliphatic heterocycles. The topological polar surface area (TPSA) is 86.7 Å². The van der Waals surface area contributed by atoms with Crippen LogP contribution in [0.3, 0.4) is 0 Å². The maximum Gasteiger partial charge on any atom is 0.315 e. The lowest BCUT2D eigenvalue weighted by molar-refractivity contribution is -0.553. The zero-order chi connectivity index (χ0) is 6.85. The summed E-state index contributed by atoms with van der Waals surface area (Å²) in [5, 5.41) is 17.6. The fraction of sp³-hybridized carbons (Fsp3) is 0. The number of halogens is 1. The number of aromatic nitrogens is 4. The molecule has 0 bridgehead atoms. The van der Waals surface area contributed by atoms with E-state index in [4.69, 9.17) is 11.6 Å². The van der Waals surface area contributed by atoms with Gasteiger partial charge >= 0.3 is 5.28 Å². The summed E-state index contributed by atoms with van der Waals surface area (Å²) in [4.78, 5) is 10.1. The largest absolute Gasteiger partial charge is 0.339 e. The standard InChI is InChI=1S/CClN5O2/c2-1-3-4-5-6(1)7(8)9. The molecule has 1 rings (SSSR count). The van der Waals surface area contributed by atoms with Gasteiger partial charge in [0.1, 0.15) is 5.21 Å². The monoisotopic (exact) mass is 149 g/mol. The molecule has 0 fully saturated rings. The lowest BCUT2D eigenvalue weighted by Crippen LogP contribution is -2.10. The Bertz CT molecular complexity index is 231. The molecule has 0 unspecified atom stereocenters. The average molecular weight is 149 g/mol. The van der Waals surface area contributed by atoms with E-state index >= 15 is 0 Å². The van der Waals surface area contributed by atoms with Gasteiger partial charge in [0.05, 0.1) is 9.82 Å². The maximum absolute atomic E-state index is 9.82. The first-order valence-electron chi connectivity index (χ1n) is 1.80. The maximum atomic E-state index is 9.82. The van der Waals surface area contributed by atoms with Crippen LogP contribution in [0, 0.1) is 10.1 Å². The van der Waals surface area contributed by atoms with Gasteiger partial charge in [0.15, 0.2) is 0 Å². The van der Waals surface area contributed by atoms with E-state index < -0.39 is 5.03 Å². The van der Waals surface area contributed by atoms with Gasteiger partial charge in [-0.15, -0.1) is 0 Å². The summed E-state index contributed by atoms with van der Waals surface area (Å²) in [6.07, 6.45) is 0. The van der Waals surface area contributed by atoms with Crippen molar-refractivity contribution in [1.82, 2.24) is 20.3 Å². The second-order valence-electron chi connectivity index (χ2n) is 1.08. The number of nitrogens with zero attached hydrogens (tertiary/aromatic N) is 5. The molecule has 1 aromatic heterocycles. The molecule has 0 spiro atoms. The van der Waals surface area contributed by atoms with E-state index in [1.807, 2.05) is 0 Å². The molecule has 0 aromatic carbocycles. The van der Waals surface area contributed by atoms with Crippen LogP contribution in [0.5, 0.6) is 0 Å². The molecular formula is CClN5O2. The smallest absolute Gasteiger partial charge is 0.315 e. The van der Waals surface area contributed by atoms with Crippen LogP contribution in [0.25, 0.3) is 0 Å². The molecule has 0 N–H and O–H groups in total. The zero-order valence-electron chi connectivity index (χ0n) is 3.93. The number of hydrogen-bond acceptors (Lipinski definition) is 5. The van der Waals surface area contributed by atoms with Crippen molar-refractivity contribution in [3.05, 3.63) is 15.4 Å². The third kappa shape index (κ3) is 0.941. The highest BCUT2D eigenvalue weighted by molar-refractivity contribution is 6.28. The fourth-order valence-electron chi connectivity index (χ4n) is 0.272. The number of hydrogen-bond donors (Lipinski definition) is 0. The number of rotatable bonds is 1.